The van der Waals surface area contributed by atoms with Crippen LogP contribution in [0.1, 0.15) is 71.1 Å². The van der Waals surface area contributed by atoms with E-state index in [4.69, 9.17) is 4.74 Å². The Morgan fingerprint density at radius 3 is 1.89 bits per heavy atom. The summed E-state index contributed by atoms with van der Waals surface area (Å²) in [7, 11) is 0. The van der Waals surface area contributed by atoms with Crippen LogP contribution in [0.25, 0.3) is 0 Å². The third-order valence-corrected chi connectivity index (χ3v) is 4.19. The van der Waals surface area contributed by atoms with Crippen molar-refractivity contribution in [2.45, 2.75) is 71.1 Å². The summed E-state index contributed by atoms with van der Waals surface area (Å²) < 4.78 is 5.20. The third kappa shape index (κ3) is 16.3. The maximum atomic E-state index is 5.20. The minimum atomic E-state index is 0.610. The average Bonchev–Trinajstić information content (AvgIpc) is 2.39. The molecule has 0 aromatic carbocycles. The van der Waals surface area contributed by atoms with Crippen molar-refractivity contribution in [3.05, 3.63) is 6.92 Å². The number of hydrogen-bond donors (Lipinski definition) is 0. The van der Waals surface area contributed by atoms with Crippen LogP contribution in [0.15, 0.2) is 0 Å². The highest BCUT2D eigenvalue weighted by Gasteiger charge is 1.93. The van der Waals surface area contributed by atoms with Crippen LogP contribution in [-0.4, -0.2) is 24.7 Å². The number of ether oxygens (including phenoxy) is 1. The molecule has 18 heavy (non-hydrogen) atoms. The number of thioether (sulfide) groups is 1. The molecule has 0 fully saturated rings. The van der Waals surface area contributed by atoms with Gasteiger partial charge in [0.1, 0.15) is 0 Å². The van der Waals surface area contributed by atoms with Crippen molar-refractivity contribution in [1.82, 2.24) is 0 Å². The largest absolute Gasteiger partial charge is 0.381 e. The van der Waals surface area contributed by atoms with E-state index >= 15 is 0 Å². The molecule has 0 amide bonds. The van der Waals surface area contributed by atoms with E-state index in [-0.39, 0.29) is 0 Å². The minimum Gasteiger partial charge on any atom is -0.381 e. The summed E-state index contributed by atoms with van der Waals surface area (Å²) in [6.45, 7) is 7.41. The lowest BCUT2D eigenvalue weighted by molar-refractivity contribution is 0.179. The highest BCUT2D eigenvalue weighted by Crippen LogP contribution is 2.12. The van der Waals surface area contributed by atoms with E-state index in [0.29, 0.717) is 6.61 Å². The van der Waals surface area contributed by atoms with Gasteiger partial charge in [0.05, 0.1) is 6.61 Å². The van der Waals surface area contributed by atoms with Crippen molar-refractivity contribution in [1.29, 1.82) is 0 Å². The van der Waals surface area contributed by atoms with Crippen LogP contribution in [0.2, 0.25) is 0 Å². The number of unbranched alkanes of at least 4 members (excludes halogenated alkanes) is 9. The predicted molar refractivity (Wildman–Crippen MR) is 85.3 cm³/mol. The summed E-state index contributed by atoms with van der Waals surface area (Å²) in [6, 6.07) is 0. The molecule has 2 heteroatoms. The molecule has 0 heterocycles. The molecule has 0 rings (SSSR count). The van der Waals surface area contributed by atoms with Crippen molar-refractivity contribution >= 4 is 11.8 Å². The fourth-order valence-corrected chi connectivity index (χ4v) is 2.86. The van der Waals surface area contributed by atoms with Crippen LogP contribution in [0, 0.1) is 6.92 Å². The van der Waals surface area contributed by atoms with Crippen LogP contribution in [0.5, 0.6) is 0 Å². The predicted octanol–water partition coefficient (Wildman–Crippen LogP) is 5.49. The lowest BCUT2D eigenvalue weighted by Crippen LogP contribution is -1.96. The summed E-state index contributed by atoms with van der Waals surface area (Å²) in [4.78, 5) is 0. The Kier molecular flexibility index (Phi) is 17.6. The van der Waals surface area contributed by atoms with Crippen LogP contribution >= 0.6 is 11.8 Å². The van der Waals surface area contributed by atoms with Crippen LogP contribution in [-0.2, 0) is 4.74 Å². The van der Waals surface area contributed by atoms with Gasteiger partial charge in [-0.15, -0.1) is 0 Å². The van der Waals surface area contributed by atoms with Crippen molar-refractivity contribution in [2.75, 3.05) is 24.7 Å². The van der Waals surface area contributed by atoms with Crippen molar-refractivity contribution in [3.8, 4) is 0 Å². The van der Waals surface area contributed by atoms with E-state index in [0.717, 1.165) is 12.4 Å². The van der Waals surface area contributed by atoms with Gasteiger partial charge in [-0.05, 0) is 19.1 Å². The topological polar surface area (TPSA) is 9.23 Å². The SMILES string of the molecule is [CH2]COCCSCCCCCCCCCCCC. The van der Waals surface area contributed by atoms with E-state index in [2.05, 4.69) is 13.8 Å². The fraction of sp³-hybridized carbons (Fsp3) is 0.938. The van der Waals surface area contributed by atoms with Gasteiger partial charge in [0.2, 0.25) is 0 Å². The Labute approximate surface area is 119 Å². The summed E-state index contributed by atoms with van der Waals surface area (Å²) in [5, 5.41) is 0. The van der Waals surface area contributed by atoms with E-state index < -0.39 is 0 Å². The molecule has 0 aliphatic heterocycles. The Hall–Kier alpha value is 0.310. The van der Waals surface area contributed by atoms with Gasteiger partial charge in [-0.3, -0.25) is 0 Å². The van der Waals surface area contributed by atoms with E-state index in [1.165, 1.54) is 70.0 Å². The molecule has 1 nitrogen and oxygen atoms in total. The maximum Gasteiger partial charge on any atom is 0.0556 e. The Morgan fingerprint density at radius 1 is 0.778 bits per heavy atom. The highest BCUT2D eigenvalue weighted by molar-refractivity contribution is 7.99. The van der Waals surface area contributed by atoms with Crippen molar-refractivity contribution in [2.24, 2.45) is 0 Å². The fourth-order valence-electron chi connectivity index (χ4n) is 2.01. The van der Waals surface area contributed by atoms with Crippen LogP contribution < -0.4 is 0 Å². The molecular formula is C16H33OS. The van der Waals surface area contributed by atoms with Crippen LogP contribution in [0.4, 0.5) is 0 Å². The molecule has 0 aromatic rings. The third-order valence-electron chi connectivity index (χ3n) is 3.16. The number of hydrogen-bond acceptors (Lipinski definition) is 2. The Bertz CT molecular complexity index is 123. The quantitative estimate of drug-likeness (QED) is 0.365. The summed E-state index contributed by atoms with van der Waals surface area (Å²) in [6.07, 6.45) is 14.3. The van der Waals surface area contributed by atoms with Crippen LogP contribution in [0.3, 0.4) is 0 Å². The molecule has 0 bridgehead atoms. The maximum absolute atomic E-state index is 5.20. The van der Waals surface area contributed by atoms with E-state index in [1.54, 1.807) is 0 Å². The normalized spacial score (nSPS) is 11.0. The Morgan fingerprint density at radius 2 is 1.33 bits per heavy atom. The number of rotatable bonds is 15. The Balaban J connectivity index is 2.86. The zero-order valence-corrected chi connectivity index (χ0v) is 13.2. The van der Waals surface area contributed by atoms with Crippen molar-refractivity contribution in [3.63, 3.8) is 0 Å². The molecule has 0 aromatic heterocycles. The molecule has 0 aliphatic carbocycles. The molecular weight excluding hydrogens is 240 g/mol. The first kappa shape index (κ1) is 18.3. The first-order valence-corrected chi connectivity index (χ1v) is 9.02. The van der Waals surface area contributed by atoms with Gasteiger partial charge in [0.25, 0.3) is 0 Å². The van der Waals surface area contributed by atoms with E-state index in [1.807, 2.05) is 11.8 Å². The van der Waals surface area contributed by atoms with Gasteiger partial charge in [-0.1, -0.05) is 64.7 Å². The van der Waals surface area contributed by atoms with Gasteiger partial charge in [0.15, 0.2) is 0 Å². The summed E-state index contributed by atoms with van der Waals surface area (Å²) >= 11 is 2.02. The molecule has 0 unspecified atom stereocenters. The van der Waals surface area contributed by atoms with Crippen molar-refractivity contribution < 1.29 is 4.74 Å². The summed E-state index contributed by atoms with van der Waals surface area (Å²) in [5.74, 6) is 2.43. The van der Waals surface area contributed by atoms with Gasteiger partial charge in [-0.2, -0.15) is 11.8 Å². The second kappa shape index (κ2) is 17.3. The monoisotopic (exact) mass is 273 g/mol. The second-order valence-corrected chi connectivity index (χ2v) is 6.13. The molecule has 0 spiro atoms. The highest BCUT2D eigenvalue weighted by atomic mass is 32.2. The standard InChI is InChI=1S/C16H33OS/c1-3-5-6-7-8-9-10-11-12-13-15-18-16-14-17-4-2/h2-16H2,1H3. The molecule has 0 saturated heterocycles. The van der Waals surface area contributed by atoms with Gasteiger partial charge < -0.3 is 4.74 Å². The lowest BCUT2D eigenvalue weighted by atomic mass is 10.1. The lowest BCUT2D eigenvalue weighted by Gasteiger charge is -2.03. The van der Waals surface area contributed by atoms with E-state index in [9.17, 15) is 0 Å². The molecule has 0 atom stereocenters. The average molecular weight is 274 g/mol. The molecule has 109 valence electrons. The summed E-state index contributed by atoms with van der Waals surface area (Å²) in [5.41, 5.74) is 0. The van der Waals surface area contributed by atoms with Gasteiger partial charge in [-0.25, -0.2) is 0 Å². The van der Waals surface area contributed by atoms with Gasteiger partial charge >= 0.3 is 0 Å². The molecule has 0 N–H and O–H groups in total. The zero-order valence-electron chi connectivity index (χ0n) is 12.4. The molecule has 0 aliphatic rings. The smallest absolute Gasteiger partial charge is 0.0556 e. The minimum absolute atomic E-state index is 0.610. The second-order valence-electron chi connectivity index (χ2n) is 4.91. The first-order chi connectivity index (χ1) is 8.91. The first-order valence-electron chi connectivity index (χ1n) is 7.86. The zero-order chi connectivity index (χ0) is 13.3. The molecule has 1 radical (unpaired) electrons. The van der Waals surface area contributed by atoms with Gasteiger partial charge in [0, 0.05) is 12.4 Å². The molecule has 0 saturated carbocycles.